The molecule has 10 heteroatoms. The third kappa shape index (κ3) is 2.75. The Morgan fingerprint density at radius 3 is 2.38 bits per heavy atom. The second kappa shape index (κ2) is 7.26. The van der Waals surface area contributed by atoms with Gasteiger partial charge in [-0.25, -0.2) is 0 Å². The zero-order valence-electron chi connectivity index (χ0n) is 17.2. The first-order chi connectivity index (χ1) is 16.5. The molecule has 0 radical (unpaired) electrons. The van der Waals surface area contributed by atoms with Crippen molar-refractivity contribution in [1.82, 2.24) is 4.57 Å². The molecular weight excluding hydrogens is 673 g/mol. The predicted molar refractivity (Wildman–Crippen MR) is 146 cm³/mol. The number of fused-ring (bicyclic) bond motifs is 8. The molecule has 3 nitrogen and oxygen atoms in total. The van der Waals surface area contributed by atoms with Crippen molar-refractivity contribution in [3.63, 3.8) is 0 Å². The summed E-state index contributed by atoms with van der Waals surface area (Å²) in [6.45, 7) is -0.349. The zero-order chi connectivity index (χ0) is 23.2. The summed E-state index contributed by atoms with van der Waals surface area (Å²) < 4.78 is 67.9. The van der Waals surface area contributed by atoms with Crippen LogP contribution < -0.4 is 21.1 Å². The van der Waals surface area contributed by atoms with Gasteiger partial charge in [0.05, 0.1) is 0 Å². The monoisotopic (exact) mass is 686 g/mol. The van der Waals surface area contributed by atoms with Gasteiger partial charge in [-0.2, -0.15) is 0 Å². The standard InChI is InChI=1S/C24H13BF4I2N2O/c26-30(27)32-31(28,29)18-13-15-14-7-1-4-10-19(14)33-20-11-5-2-8-16(20)25-17-9-3-6-12-21(17)34-24(18)22(25)23(15)33/h1-13H. The summed E-state index contributed by atoms with van der Waals surface area (Å²) >= 11 is -11.4. The quantitative estimate of drug-likeness (QED) is 0.109. The molecule has 3 heterocycles. The Kier molecular flexibility index (Phi) is 4.46. The first-order valence-corrected chi connectivity index (χ1v) is 16.6. The Bertz CT molecular complexity index is 1730. The van der Waals surface area contributed by atoms with E-state index < -0.39 is 44.2 Å². The molecule has 2 aliphatic heterocycles. The van der Waals surface area contributed by atoms with Gasteiger partial charge in [0.15, 0.2) is 0 Å². The Morgan fingerprint density at radius 2 is 1.56 bits per heavy atom. The molecule has 0 N–H and O–H groups in total. The summed E-state index contributed by atoms with van der Waals surface area (Å²) in [6, 6.07) is 24.2. The maximum absolute atomic E-state index is 15.4. The van der Waals surface area contributed by atoms with E-state index in [0.717, 1.165) is 33.0 Å². The van der Waals surface area contributed by atoms with Gasteiger partial charge in [0.25, 0.3) is 0 Å². The molecule has 4 aromatic carbocycles. The number of hydrogen-bond donors (Lipinski definition) is 0. The fraction of sp³-hybridized carbons (Fsp3) is 0. The van der Waals surface area contributed by atoms with Gasteiger partial charge in [0.1, 0.15) is 0 Å². The van der Waals surface area contributed by atoms with Gasteiger partial charge in [-0.3, -0.25) is 0 Å². The molecule has 0 saturated heterocycles. The van der Waals surface area contributed by atoms with E-state index >= 15 is 5.72 Å². The van der Waals surface area contributed by atoms with Gasteiger partial charge in [0, 0.05) is 0 Å². The molecule has 0 spiro atoms. The van der Waals surface area contributed by atoms with E-state index in [1.165, 1.54) is 6.07 Å². The van der Waals surface area contributed by atoms with Crippen LogP contribution >= 0.6 is 40.6 Å². The fourth-order valence-corrected chi connectivity index (χ4v) is 11.2. The number of hydrogen-bond acceptors (Lipinski definition) is 2. The minimum atomic E-state index is -6.35. The van der Waals surface area contributed by atoms with Crippen LogP contribution in [0.25, 0.3) is 27.5 Å². The Morgan fingerprint density at radius 1 is 0.853 bits per heavy atom. The van der Waals surface area contributed by atoms with E-state index in [9.17, 15) is 5.72 Å². The molecule has 2 aliphatic rings. The van der Waals surface area contributed by atoms with Gasteiger partial charge in [-0.05, 0) is 0 Å². The van der Waals surface area contributed by atoms with Crippen LogP contribution in [0.2, 0.25) is 0 Å². The summed E-state index contributed by atoms with van der Waals surface area (Å²) in [5, 5.41) is 1.41. The zero-order valence-corrected chi connectivity index (χ0v) is 21.5. The minimum absolute atomic E-state index is 0.00219. The van der Waals surface area contributed by atoms with E-state index in [0.29, 0.717) is 16.6 Å². The Balaban J connectivity index is 1.75. The van der Waals surface area contributed by atoms with E-state index in [4.69, 9.17) is 4.74 Å². The molecule has 0 fully saturated rings. The van der Waals surface area contributed by atoms with Crippen molar-refractivity contribution in [1.29, 1.82) is 0 Å². The number of ether oxygens (including phenoxy) is 1. The molecule has 7 rings (SSSR count). The van der Waals surface area contributed by atoms with Gasteiger partial charge in [-0.1, -0.05) is 0 Å². The first kappa shape index (κ1) is 20.9. The van der Waals surface area contributed by atoms with E-state index in [1.807, 2.05) is 60.7 Å². The summed E-state index contributed by atoms with van der Waals surface area (Å²) in [7, 11) is 0. The molecule has 5 aromatic rings. The molecule has 0 atom stereocenters. The predicted octanol–water partition coefficient (Wildman–Crippen LogP) is 7.07. The van der Waals surface area contributed by atoms with Crippen LogP contribution in [-0.4, -0.2) is 11.3 Å². The fourth-order valence-electron chi connectivity index (χ4n) is 5.33. The molecule has 1 aromatic heterocycles. The van der Waals surface area contributed by atoms with E-state index in [-0.39, 0.29) is 12.5 Å². The van der Waals surface area contributed by atoms with Gasteiger partial charge >= 0.3 is 207 Å². The molecule has 170 valence electrons. The molecule has 34 heavy (non-hydrogen) atoms. The van der Waals surface area contributed by atoms with Crippen LogP contribution in [0, 0.1) is 3.57 Å². The van der Waals surface area contributed by atoms with Gasteiger partial charge in [0.2, 0.25) is 0 Å². The van der Waals surface area contributed by atoms with Crippen LogP contribution in [0.15, 0.2) is 80.2 Å². The number of nitrogens with zero attached hydrogens (tertiary/aromatic N) is 2. The van der Waals surface area contributed by atoms with Gasteiger partial charge in [-0.15, -0.1) is 0 Å². The molecular formula is C24H13BF4I2N2O. The van der Waals surface area contributed by atoms with Crippen molar-refractivity contribution in [2.24, 2.45) is 1.36 Å². The van der Waals surface area contributed by atoms with Crippen molar-refractivity contribution in [2.75, 3.05) is 0 Å². The van der Waals surface area contributed by atoms with Crippen molar-refractivity contribution in [3.8, 4) is 17.2 Å². The maximum atomic E-state index is 15.4. The number of rotatable bonds is 2. The second-order valence-electron chi connectivity index (χ2n) is 8.14. The molecule has 0 unspecified atom stereocenters. The number of benzene rings is 4. The topological polar surface area (TPSA) is 26.5 Å². The van der Waals surface area contributed by atoms with Crippen LogP contribution in [0.3, 0.4) is 0 Å². The number of aromatic nitrogens is 1. The third-order valence-electron chi connectivity index (χ3n) is 6.49. The molecule has 0 saturated carbocycles. The SMILES string of the molecule is FI(F)N=I(F)(F)c1cc2c3ccccc3n3c2c2c1Oc1ccccc1B2c1ccccc1-3. The summed E-state index contributed by atoms with van der Waals surface area (Å²) in [5.74, 6) is 0.463. The molecule has 0 amide bonds. The molecule has 0 bridgehead atoms. The summed E-state index contributed by atoms with van der Waals surface area (Å²) in [5.41, 5.74) is 5.07. The Hall–Kier alpha value is -2.48. The number of halogens is 6. The van der Waals surface area contributed by atoms with Crippen LogP contribution in [-0.2, 0) is 0 Å². The van der Waals surface area contributed by atoms with E-state index in [1.54, 1.807) is 12.1 Å². The van der Waals surface area contributed by atoms with Crippen LogP contribution in [0.5, 0.6) is 11.5 Å². The summed E-state index contributed by atoms with van der Waals surface area (Å²) in [6.07, 6.45) is 0. The number of para-hydroxylation sites is 3. The Labute approximate surface area is 206 Å². The third-order valence-corrected chi connectivity index (χ3v) is 14.3. The first-order valence-electron chi connectivity index (χ1n) is 10.4. The van der Waals surface area contributed by atoms with Crippen LogP contribution in [0.1, 0.15) is 0 Å². The van der Waals surface area contributed by atoms with Gasteiger partial charge < -0.3 is 0 Å². The normalized spacial score (nSPS) is 14.5. The van der Waals surface area contributed by atoms with Crippen molar-refractivity contribution in [2.45, 2.75) is 0 Å². The van der Waals surface area contributed by atoms with Crippen LogP contribution in [0.4, 0.5) is 11.4 Å². The second-order valence-corrected chi connectivity index (χ2v) is 15.5. The van der Waals surface area contributed by atoms with Crippen molar-refractivity contribution < 1.29 is 16.2 Å². The van der Waals surface area contributed by atoms with Crippen molar-refractivity contribution >= 4 is 85.6 Å². The average molecular weight is 686 g/mol. The van der Waals surface area contributed by atoms with E-state index in [2.05, 4.69) is 5.93 Å². The average Bonchev–Trinajstić information content (AvgIpc) is 3.16. The van der Waals surface area contributed by atoms with Crippen molar-refractivity contribution in [3.05, 3.63) is 82.4 Å². The summed E-state index contributed by atoms with van der Waals surface area (Å²) in [4.78, 5) is 0. The molecule has 0 aliphatic carbocycles.